The highest BCUT2D eigenvalue weighted by Gasteiger charge is 2.19. The van der Waals surface area contributed by atoms with E-state index in [1.807, 2.05) is 60.7 Å². The molecule has 170 valence electrons. The van der Waals surface area contributed by atoms with Gasteiger partial charge in [0.05, 0.1) is 12.7 Å². The van der Waals surface area contributed by atoms with Crippen LogP contribution in [0.4, 0.5) is 0 Å². The number of esters is 1. The van der Waals surface area contributed by atoms with Gasteiger partial charge in [0.1, 0.15) is 5.92 Å². The summed E-state index contributed by atoms with van der Waals surface area (Å²) >= 11 is 0. The van der Waals surface area contributed by atoms with Gasteiger partial charge in [-0.25, -0.2) is 4.79 Å². The maximum absolute atomic E-state index is 12.3. The van der Waals surface area contributed by atoms with Crippen molar-refractivity contribution in [3.63, 3.8) is 0 Å². The Balaban J connectivity index is 0.000000302. The van der Waals surface area contributed by atoms with Crippen LogP contribution in [0.2, 0.25) is 0 Å². The van der Waals surface area contributed by atoms with Crippen LogP contribution in [0.3, 0.4) is 0 Å². The molecule has 0 radical (unpaired) electrons. The first-order valence-corrected chi connectivity index (χ1v) is 10.6. The number of methoxy groups -OCH3 is 1. The number of carboxylic acids is 1. The summed E-state index contributed by atoms with van der Waals surface area (Å²) in [4.78, 5) is 34.7. The molecule has 1 atom stereocenters. The number of allylic oxidation sites excluding steroid dienone is 1. The zero-order chi connectivity index (χ0) is 24.3. The first-order chi connectivity index (χ1) is 16.5. The summed E-state index contributed by atoms with van der Waals surface area (Å²) in [5.74, 6) is -2.04. The van der Waals surface area contributed by atoms with Crippen molar-refractivity contribution in [1.82, 2.24) is 0 Å². The van der Waals surface area contributed by atoms with E-state index in [1.165, 1.54) is 13.2 Å². The largest absolute Gasteiger partial charge is 0.478 e. The molecule has 5 nitrogen and oxygen atoms in total. The number of benzene rings is 4. The fourth-order valence-electron chi connectivity index (χ4n) is 3.32. The minimum absolute atomic E-state index is 0.143. The maximum atomic E-state index is 12.3. The van der Waals surface area contributed by atoms with E-state index in [0.29, 0.717) is 11.1 Å². The molecule has 34 heavy (non-hydrogen) atoms. The Morgan fingerprint density at radius 1 is 0.735 bits per heavy atom. The van der Waals surface area contributed by atoms with Crippen molar-refractivity contribution in [2.45, 2.75) is 5.92 Å². The van der Waals surface area contributed by atoms with Gasteiger partial charge in [-0.3, -0.25) is 9.59 Å². The zero-order valence-corrected chi connectivity index (χ0v) is 18.6. The average Bonchev–Trinajstić information content (AvgIpc) is 2.89. The second-order valence-electron chi connectivity index (χ2n) is 7.37. The summed E-state index contributed by atoms with van der Waals surface area (Å²) in [5.41, 5.74) is 1.71. The number of ketones is 1. The van der Waals surface area contributed by atoms with Crippen molar-refractivity contribution in [3.8, 4) is 0 Å². The van der Waals surface area contributed by atoms with Crippen molar-refractivity contribution in [3.05, 3.63) is 132 Å². The summed E-state index contributed by atoms with van der Waals surface area (Å²) in [6, 6.07) is 31.0. The van der Waals surface area contributed by atoms with Gasteiger partial charge < -0.3 is 9.84 Å². The van der Waals surface area contributed by atoms with Crippen molar-refractivity contribution in [1.29, 1.82) is 0 Å². The number of ether oxygens (including phenoxy) is 1. The maximum Gasteiger partial charge on any atom is 0.335 e. The molecular weight excluding hydrogens is 428 g/mol. The second kappa shape index (κ2) is 11.9. The lowest BCUT2D eigenvalue weighted by atomic mass is 9.95. The Labute approximate surface area is 197 Å². The molecule has 5 heteroatoms. The Bertz CT molecular complexity index is 1290. The van der Waals surface area contributed by atoms with E-state index in [9.17, 15) is 14.4 Å². The van der Waals surface area contributed by atoms with Gasteiger partial charge in [-0.1, -0.05) is 91.0 Å². The molecule has 4 rings (SSSR count). The van der Waals surface area contributed by atoms with Crippen LogP contribution >= 0.6 is 0 Å². The van der Waals surface area contributed by atoms with Gasteiger partial charge in [0.2, 0.25) is 0 Å². The van der Waals surface area contributed by atoms with Crippen LogP contribution < -0.4 is 0 Å². The standard InChI is InChI=1S/C22H18O3.C7H6O2/c1-25-22(24)20(13-14-21(23)17-8-3-2-4-9-17)19-12-11-16-7-5-6-10-18(16)15-19;8-7(9)6-4-2-1-3-5-6/h2-15,20H,1H3;1-5H,(H,8,9)/b14-13+;. The van der Waals surface area contributed by atoms with Crippen LogP contribution in [0.1, 0.15) is 32.2 Å². The van der Waals surface area contributed by atoms with Crippen LogP contribution in [0, 0.1) is 0 Å². The average molecular weight is 453 g/mol. The molecule has 0 bridgehead atoms. The van der Waals surface area contributed by atoms with Crippen LogP contribution in [0.5, 0.6) is 0 Å². The van der Waals surface area contributed by atoms with Gasteiger partial charge in [-0.2, -0.15) is 0 Å². The van der Waals surface area contributed by atoms with Gasteiger partial charge in [0, 0.05) is 5.56 Å². The minimum Gasteiger partial charge on any atom is -0.478 e. The third-order valence-electron chi connectivity index (χ3n) is 5.11. The summed E-state index contributed by atoms with van der Waals surface area (Å²) in [7, 11) is 1.35. The van der Waals surface area contributed by atoms with E-state index >= 15 is 0 Å². The quantitative estimate of drug-likeness (QED) is 0.223. The highest BCUT2D eigenvalue weighted by molar-refractivity contribution is 6.05. The van der Waals surface area contributed by atoms with E-state index < -0.39 is 17.9 Å². The number of carbonyl (C=O) groups excluding carboxylic acids is 2. The van der Waals surface area contributed by atoms with Crippen molar-refractivity contribution in [2.75, 3.05) is 7.11 Å². The number of rotatable bonds is 6. The number of hydrogen-bond donors (Lipinski definition) is 1. The van der Waals surface area contributed by atoms with Crippen molar-refractivity contribution >= 4 is 28.5 Å². The fraction of sp³-hybridized carbons (Fsp3) is 0.0690. The minimum atomic E-state index is -0.879. The molecule has 0 aliphatic carbocycles. The molecule has 0 aromatic heterocycles. The van der Waals surface area contributed by atoms with Crippen LogP contribution in [-0.4, -0.2) is 29.9 Å². The lowest BCUT2D eigenvalue weighted by Crippen LogP contribution is -2.12. The predicted octanol–water partition coefficient (Wildman–Crippen LogP) is 5.92. The highest BCUT2D eigenvalue weighted by atomic mass is 16.5. The van der Waals surface area contributed by atoms with E-state index in [-0.39, 0.29) is 5.78 Å². The fourth-order valence-corrected chi connectivity index (χ4v) is 3.32. The molecule has 0 fully saturated rings. The van der Waals surface area contributed by atoms with Crippen LogP contribution in [-0.2, 0) is 9.53 Å². The lowest BCUT2D eigenvalue weighted by molar-refractivity contribution is -0.141. The van der Waals surface area contributed by atoms with Crippen LogP contribution in [0.25, 0.3) is 10.8 Å². The van der Waals surface area contributed by atoms with Crippen molar-refractivity contribution in [2.24, 2.45) is 0 Å². The molecule has 0 aliphatic heterocycles. The van der Waals surface area contributed by atoms with Gasteiger partial charge in [0.15, 0.2) is 5.78 Å². The molecule has 0 amide bonds. The number of carbonyl (C=O) groups is 3. The third-order valence-corrected chi connectivity index (χ3v) is 5.11. The second-order valence-corrected chi connectivity index (χ2v) is 7.37. The molecular formula is C29H24O5. The zero-order valence-electron chi connectivity index (χ0n) is 18.6. The number of fused-ring (bicyclic) bond motifs is 1. The van der Waals surface area contributed by atoms with Gasteiger partial charge in [0.25, 0.3) is 0 Å². The third kappa shape index (κ3) is 6.50. The molecule has 1 N–H and O–H groups in total. The Morgan fingerprint density at radius 2 is 1.29 bits per heavy atom. The molecule has 1 unspecified atom stereocenters. The van der Waals surface area contributed by atoms with E-state index in [0.717, 1.165) is 16.3 Å². The van der Waals surface area contributed by atoms with Gasteiger partial charge >= 0.3 is 11.9 Å². The van der Waals surface area contributed by atoms with Crippen LogP contribution in [0.15, 0.2) is 115 Å². The molecule has 0 saturated carbocycles. The highest BCUT2D eigenvalue weighted by Crippen LogP contribution is 2.24. The lowest BCUT2D eigenvalue weighted by Gasteiger charge is -2.12. The normalized spacial score (nSPS) is 11.3. The summed E-state index contributed by atoms with van der Waals surface area (Å²) in [6.07, 6.45) is 3.04. The Hall–Kier alpha value is -4.51. The van der Waals surface area contributed by atoms with Gasteiger partial charge in [-0.15, -0.1) is 0 Å². The van der Waals surface area contributed by atoms with Gasteiger partial charge in [-0.05, 0) is 40.6 Å². The summed E-state index contributed by atoms with van der Waals surface area (Å²) < 4.78 is 4.92. The van der Waals surface area contributed by atoms with E-state index in [4.69, 9.17) is 9.84 Å². The predicted molar refractivity (Wildman–Crippen MR) is 132 cm³/mol. The summed E-state index contributed by atoms with van der Waals surface area (Å²) in [6.45, 7) is 0. The molecule has 0 aliphatic rings. The smallest absolute Gasteiger partial charge is 0.335 e. The molecule has 4 aromatic carbocycles. The molecule has 0 heterocycles. The Morgan fingerprint density at radius 3 is 1.85 bits per heavy atom. The molecule has 0 spiro atoms. The summed E-state index contributed by atoms with van der Waals surface area (Å²) in [5, 5.41) is 10.5. The molecule has 4 aromatic rings. The number of carboxylic acid groups (broad SMARTS) is 1. The molecule has 0 saturated heterocycles. The first-order valence-electron chi connectivity index (χ1n) is 10.6. The Kier molecular flexibility index (Phi) is 8.47. The van der Waals surface area contributed by atoms with Crippen molar-refractivity contribution < 1.29 is 24.2 Å². The number of hydrogen-bond acceptors (Lipinski definition) is 4. The SMILES string of the molecule is COC(=O)C(/C=C/C(=O)c1ccccc1)c1ccc2ccccc2c1.O=C(O)c1ccccc1. The number of aromatic carboxylic acids is 1. The topological polar surface area (TPSA) is 80.7 Å². The first kappa shape index (κ1) is 24.1. The van der Waals surface area contributed by atoms with E-state index in [2.05, 4.69) is 0 Å². The van der Waals surface area contributed by atoms with E-state index in [1.54, 1.807) is 48.5 Å². The monoisotopic (exact) mass is 452 g/mol.